The van der Waals surface area contributed by atoms with Gasteiger partial charge in [0.25, 0.3) is 11.8 Å². The van der Waals surface area contributed by atoms with Crippen LogP contribution in [0.4, 0.5) is 5.69 Å². The molecule has 2 amide bonds. The number of aromatic hydroxyl groups is 1. The molecule has 0 saturated carbocycles. The number of ether oxygens (including phenoxy) is 1. The number of benzene rings is 3. The number of phenols is 1. The van der Waals surface area contributed by atoms with Gasteiger partial charge in [0.05, 0.1) is 29.2 Å². The molecule has 3 atom stereocenters. The van der Waals surface area contributed by atoms with Gasteiger partial charge in [-0.15, -0.1) is 0 Å². The van der Waals surface area contributed by atoms with Crippen molar-refractivity contribution < 1.29 is 19.4 Å². The molecule has 38 heavy (non-hydrogen) atoms. The summed E-state index contributed by atoms with van der Waals surface area (Å²) >= 11 is 12.4. The van der Waals surface area contributed by atoms with Crippen LogP contribution >= 0.6 is 23.2 Å². The van der Waals surface area contributed by atoms with Gasteiger partial charge in [0.15, 0.2) is 0 Å². The van der Waals surface area contributed by atoms with Crippen molar-refractivity contribution in [3.8, 4) is 11.5 Å². The average molecular weight is 549 g/mol. The van der Waals surface area contributed by atoms with Gasteiger partial charge < -0.3 is 9.84 Å². The maximum absolute atomic E-state index is 14.6. The number of hydrazine groups is 1. The summed E-state index contributed by atoms with van der Waals surface area (Å²) in [4.78, 5) is 28.6. The number of amides is 2. The van der Waals surface area contributed by atoms with E-state index in [4.69, 9.17) is 27.9 Å². The molecule has 1 saturated heterocycles. The Morgan fingerprint density at radius 1 is 1.11 bits per heavy atom. The van der Waals surface area contributed by atoms with Gasteiger partial charge in [-0.3, -0.25) is 15.0 Å². The lowest BCUT2D eigenvalue weighted by Gasteiger charge is -2.43. The number of carbonyl (C=O) groups excluding carboxylic acids is 2. The van der Waals surface area contributed by atoms with Gasteiger partial charge in [-0.1, -0.05) is 66.2 Å². The minimum atomic E-state index is -1.29. The van der Waals surface area contributed by atoms with Crippen molar-refractivity contribution in [3.05, 3.63) is 112 Å². The third kappa shape index (κ3) is 3.96. The summed E-state index contributed by atoms with van der Waals surface area (Å²) in [6.45, 7) is 5.82. The number of nitrogens with zero attached hydrogens (tertiary/aromatic N) is 1. The summed E-state index contributed by atoms with van der Waals surface area (Å²) in [7, 11) is 1.57. The molecule has 3 aromatic rings. The third-order valence-electron chi connectivity index (χ3n) is 7.52. The molecule has 0 radical (unpaired) electrons. The lowest BCUT2D eigenvalue weighted by Crippen LogP contribution is -2.48. The highest BCUT2D eigenvalue weighted by molar-refractivity contribution is 6.36. The van der Waals surface area contributed by atoms with E-state index in [0.29, 0.717) is 34.0 Å². The smallest absolute Gasteiger partial charge is 0.260 e. The molecule has 1 heterocycles. The van der Waals surface area contributed by atoms with Crippen LogP contribution in [-0.2, 0) is 15.0 Å². The Morgan fingerprint density at radius 3 is 2.47 bits per heavy atom. The van der Waals surface area contributed by atoms with Gasteiger partial charge in [-0.05, 0) is 72.0 Å². The van der Waals surface area contributed by atoms with Crippen molar-refractivity contribution in [2.24, 2.45) is 5.92 Å². The zero-order valence-electron chi connectivity index (χ0n) is 20.9. The molecule has 0 aromatic heterocycles. The van der Waals surface area contributed by atoms with Crippen LogP contribution in [0.1, 0.15) is 29.0 Å². The van der Waals surface area contributed by atoms with E-state index in [9.17, 15) is 14.7 Å². The molecule has 8 heteroatoms. The monoisotopic (exact) mass is 548 g/mol. The van der Waals surface area contributed by atoms with Gasteiger partial charge in [0.2, 0.25) is 0 Å². The quantitative estimate of drug-likeness (QED) is 0.341. The number of carbonyl (C=O) groups is 2. The van der Waals surface area contributed by atoms with E-state index in [1.54, 1.807) is 62.6 Å². The van der Waals surface area contributed by atoms with Crippen molar-refractivity contribution in [1.29, 1.82) is 0 Å². The standard InChI is InChI=1S/C30H26Cl2N2O4/c1-4-18-5-12-23-28(36)34(33-25-13-9-21(31)16-24(25)32)29(37)30(23,20-7-10-22(38-3)11-8-20)27(18)19-6-14-26(35)17(2)15-19/h4-11,13-16,23,27,33,35H,1,12H2,2-3H3/t23-,27+,30+/m0/s1. The Morgan fingerprint density at radius 2 is 1.84 bits per heavy atom. The van der Waals surface area contributed by atoms with E-state index in [0.717, 1.165) is 16.1 Å². The predicted molar refractivity (Wildman–Crippen MR) is 149 cm³/mol. The molecule has 0 unspecified atom stereocenters. The lowest BCUT2D eigenvalue weighted by atomic mass is 9.56. The van der Waals surface area contributed by atoms with Gasteiger partial charge in [0, 0.05) is 10.9 Å². The number of phenolic OH excluding ortho intramolecular Hbond substituents is 1. The molecular weight excluding hydrogens is 523 g/mol. The van der Waals surface area contributed by atoms with Crippen molar-refractivity contribution in [3.63, 3.8) is 0 Å². The number of nitrogens with one attached hydrogen (secondary N) is 1. The second-order valence-corrected chi connectivity index (χ2v) is 10.3. The van der Waals surface area contributed by atoms with Crippen molar-refractivity contribution in [2.75, 3.05) is 12.5 Å². The molecule has 0 bridgehead atoms. The lowest BCUT2D eigenvalue weighted by molar-refractivity contribution is -0.138. The number of hydrogen-bond donors (Lipinski definition) is 2. The predicted octanol–water partition coefficient (Wildman–Crippen LogP) is 6.57. The Balaban J connectivity index is 1.74. The summed E-state index contributed by atoms with van der Waals surface area (Å²) in [5.41, 5.74) is 5.02. The molecular formula is C30H26Cl2N2O4. The molecule has 1 fully saturated rings. The number of aryl methyl sites for hydroxylation is 1. The Labute approximate surface area is 231 Å². The fourth-order valence-electron chi connectivity index (χ4n) is 5.71. The van der Waals surface area contributed by atoms with E-state index >= 15 is 0 Å². The molecule has 0 spiro atoms. The second kappa shape index (κ2) is 9.86. The minimum absolute atomic E-state index is 0.151. The fourth-order valence-corrected chi connectivity index (χ4v) is 6.16. The third-order valence-corrected chi connectivity index (χ3v) is 8.07. The largest absolute Gasteiger partial charge is 0.508 e. The number of fused-ring (bicyclic) bond motifs is 1. The summed E-state index contributed by atoms with van der Waals surface area (Å²) in [6.07, 6.45) is 4.05. The fraction of sp³-hybridized carbons (Fsp3) is 0.200. The van der Waals surface area contributed by atoms with Gasteiger partial charge in [-0.2, -0.15) is 5.01 Å². The van der Waals surface area contributed by atoms with E-state index in [1.807, 2.05) is 24.3 Å². The number of imide groups is 1. The molecule has 3 aromatic carbocycles. The maximum atomic E-state index is 14.6. The number of allylic oxidation sites excluding steroid dienone is 3. The highest BCUT2D eigenvalue weighted by atomic mass is 35.5. The Hall–Kier alpha value is -3.74. The van der Waals surface area contributed by atoms with Crippen LogP contribution in [0.2, 0.25) is 10.0 Å². The molecule has 2 aliphatic rings. The summed E-state index contributed by atoms with van der Waals surface area (Å²) in [6, 6.07) is 17.3. The van der Waals surface area contributed by atoms with Gasteiger partial charge in [-0.25, -0.2) is 0 Å². The van der Waals surface area contributed by atoms with E-state index in [2.05, 4.69) is 12.0 Å². The van der Waals surface area contributed by atoms with Crippen LogP contribution in [0.3, 0.4) is 0 Å². The van der Waals surface area contributed by atoms with Crippen molar-refractivity contribution in [2.45, 2.75) is 24.7 Å². The van der Waals surface area contributed by atoms with E-state index in [1.165, 1.54) is 0 Å². The number of methoxy groups -OCH3 is 1. The highest BCUT2D eigenvalue weighted by Crippen LogP contribution is 2.58. The number of rotatable bonds is 6. The molecule has 6 nitrogen and oxygen atoms in total. The zero-order valence-corrected chi connectivity index (χ0v) is 22.4. The van der Waals surface area contributed by atoms with Crippen molar-refractivity contribution >= 4 is 40.7 Å². The maximum Gasteiger partial charge on any atom is 0.260 e. The molecule has 5 rings (SSSR count). The first kappa shape index (κ1) is 25.9. The van der Waals surface area contributed by atoms with Crippen LogP contribution in [0, 0.1) is 12.8 Å². The normalized spacial score (nSPS) is 22.6. The zero-order chi connectivity index (χ0) is 27.2. The summed E-state index contributed by atoms with van der Waals surface area (Å²) in [5, 5.41) is 12.0. The van der Waals surface area contributed by atoms with Crippen molar-refractivity contribution in [1.82, 2.24) is 5.01 Å². The molecule has 1 aliphatic carbocycles. The molecule has 2 N–H and O–H groups in total. The average Bonchev–Trinajstić information content (AvgIpc) is 3.13. The summed E-state index contributed by atoms with van der Waals surface area (Å²) < 4.78 is 5.36. The molecule has 1 aliphatic heterocycles. The second-order valence-electron chi connectivity index (χ2n) is 9.49. The SMILES string of the molecule is C=CC1=CC[C@H]2C(=O)N(Nc3ccc(Cl)cc3Cl)C(=O)[C@@]2(c2ccc(OC)cc2)[C@H]1c1ccc(O)c(C)c1. The van der Waals surface area contributed by atoms with Crippen LogP contribution in [0.25, 0.3) is 0 Å². The van der Waals surface area contributed by atoms with Gasteiger partial charge in [0.1, 0.15) is 11.5 Å². The Kier molecular flexibility index (Phi) is 6.72. The van der Waals surface area contributed by atoms with Crippen LogP contribution in [0.15, 0.2) is 85.0 Å². The van der Waals surface area contributed by atoms with E-state index in [-0.39, 0.29) is 16.7 Å². The highest BCUT2D eigenvalue weighted by Gasteiger charge is 2.65. The first-order valence-corrected chi connectivity index (χ1v) is 12.8. The van der Waals surface area contributed by atoms with Crippen LogP contribution in [-0.4, -0.2) is 29.0 Å². The van der Waals surface area contributed by atoms with E-state index < -0.39 is 23.2 Å². The molecule has 194 valence electrons. The van der Waals surface area contributed by atoms with Crippen LogP contribution < -0.4 is 10.2 Å². The number of halogens is 2. The topological polar surface area (TPSA) is 78.9 Å². The minimum Gasteiger partial charge on any atom is -0.508 e. The number of anilines is 1. The number of hydrogen-bond acceptors (Lipinski definition) is 5. The first-order valence-electron chi connectivity index (χ1n) is 12.1. The Bertz CT molecular complexity index is 1480. The first-order chi connectivity index (χ1) is 18.2. The summed E-state index contributed by atoms with van der Waals surface area (Å²) in [5.74, 6) is -1.24. The van der Waals surface area contributed by atoms with Crippen LogP contribution in [0.5, 0.6) is 11.5 Å². The van der Waals surface area contributed by atoms with Gasteiger partial charge >= 0.3 is 0 Å².